The monoisotopic (exact) mass is 176 g/mol. The van der Waals surface area contributed by atoms with Crippen LogP contribution in [0.2, 0.25) is 0 Å². The quantitative estimate of drug-likeness (QED) is 0.648. The summed E-state index contributed by atoms with van der Waals surface area (Å²) in [6, 6.07) is 5.74. The van der Waals surface area contributed by atoms with Crippen molar-refractivity contribution in [3.05, 3.63) is 29.8 Å². The minimum atomic E-state index is -4.19. The average Bonchev–Trinajstić information content (AvgIpc) is 2.03. The Bertz CT molecular complexity index is 417. The summed E-state index contributed by atoms with van der Waals surface area (Å²) in [4.78, 5) is -0.164. The summed E-state index contributed by atoms with van der Waals surface area (Å²) in [6.07, 6.45) is -2.98. The Hall–Kier alpha value is -0.830. The van der Waals surface area contributed by atoms with Gasteiger partial charge in [-0.15, -0.1) is 0 Å². The predicted molar refractivity (Wildman–Crippen MR) is 44.3 cm³/mol. The third-order valence-corrected chi connectivity index (χ3v) is 2.22. The van der Waals surface area contributed by atoms with Crippen LogP contribution in [-0.2, 0) is 9.84 Å². The van der Waals surface area contributed by atoms with Crippen LogP contribution in [0, 0.1) is 6.92 Å². The van der Waals surface area contributed by atoms with Gasteiger partial charge in [-0.05, 0) is 19.1 Å². The lowest BCUT2D eigenvalue weighted by atomic mass is 10.2. The molecule has 1 aromatic rings. The predicted octanol–water partition coefficient (Wildman–Crippen LogP) is 1.40. The Balaban J connectivity index is 3.25. The minimum Gasteiger partial charge on any atom is -0.224 e. The van der Waals surface area contributed by atoms with Crippen molar-refractivity contribution in [1.29, 1.82) is 0 Å². The second-order valence-corrected chi connectivity index (χ2v) is 3.79. The lowest BCUT2D eigenvalue weighted by molar-refractivity contribution is 0.602. The van der Waals surface area contributed by atoms with E-state index >= 15 is 0 Å². The van der Waals surface area contributed by atoms with Crippen molar-refractivity contribution in [2.75, 3.05) is 6.18 Å². The summed E-state index contributed by atoms with van der Waals surface area (Å²) in [7, 11) is -4.19. The zero-order valence-corrected chi connectivity index (χ0v) is 6.85. The van der Waals surface area contributed by atoms with Crippen LogP contribution < -0.4 is 0 Å². The van der Waals surface area contributed by atoms with E-state index in [4.69, 9.17) is 4.11 Å². The first-order chi connectivity index (χ1) is 6.25. The fourth-order valence-electron chi connectivity index (χ4n) is 0.717. The van der Waals surface area contributed by atoms with E-state index in [9.17, 15) is 8.42 Å². The van der Waals surface area contributed by atoms with Crippen LogP contribution in [0.1, 0.15) is 9.68 Å². The second kappa shape index (κ2) is 2.66. The number of benzene rings is 1. The van der Waals surface area contributed by atoms with Crippen LogP contribution in [0.5, 0.6) is 0 Å². The lowest BCUT2D eigenvalue weighted by Crippen LogP contribution is -1.95. The Morgan fingerprint density at radius 2 is 1.82 bits per heavy atom. The molecule has 0 amide bonds. The van der Waals surface area contributed by atoms with Crippen LogP contribution in [0.25, 0.3) is 0 Å². The third-order valence-electron chi connectivity index (χ3n) is 1.33. The molecular weight excluding hydrogens is 160 g/mol. The molecule has 0 aliphatic heterocycles. The van der Waals surface area contributed by atoms with E-state index in [1.165, 1.54) is 12.1 Å². The number of hydrogen-bond acceptors (Lipinski definition) is 2. The molecule has 1 aromatic carbocycles. The number of rotatable bonds is 1. The number of hydrogen-bond donors (Lipinski definition) is 0. The fourth-order valence-corrected chi connectivity index (χ4v) is 1.21. The van der Waals surface area contributed by atoms with Gasteiger partial charge in [0.1, 0.15) is 0 Å². The largest absolute Gasteiger partial charge is 0.224 e. The molecule has 0 spiro atoms. The molecule has 2 nitrogen and oxygen atoms in total. The van der Waals surface area contributed by atoms with Crippen LogP contribution >= 0.6 is 0 Å². The standard InChI is InChI=1S/C8H10O2S/c1-7-3-5-8(6-4-7)11(2,9)10/h3-6H,1-2H3/i2T3. The summed E-state index contributed by atoms with van der Waals surface area (Å²) in [5.41, 5.74) is 0.884. The maximum Gasteiger partial charge on any atom is 0.175 e. The number of aryl methyl sites for hydroxylation is 1. The molecule has 0 radical (unpaired) electrons. The molecule has 0 fully saturated rings. The van der Waals surface area contributed by atoms with Crippen LogP contribution in [0.15, 0.2) is 29.2 Å². The van der Waals surface area contributed by atoms with Gasteiger partial charge in [-0.1, -0.05) is 17.7 Å². The summed E-state index contributed by atoms with van der Waals surface area (Å²) in [5, 5.41) is 0. The van der Waals surface area contributed by atoms with Crippen molar-refractivity contribution < 1.29 is 12.5 Å². The maximum atomic E-state index is 11.4. The summed E-state index contributed by atoms with van der Waals surface area (Å²) >= 11 is 0. The zero-order valence-electron chi connectivity index (χ0n) is 9.03. The fraction of sp³-hybridized carbons (Fsp3) is 0.250. The highest BCUT2D eigenvalue weighted by atomic mass is 32.2. The average molecular weight is 176 g/mol. The van der Waals surface area contributed by atoms with Gasteiger partial charge in [-0.2, -0.15) is 0 Å². The minimum absolute atomic E-state index is 0.164. The van der Waals surface area contributed by atoms with E-state index in [0.717, 1.165) is 5.56 Å². The molecule has 0 aromatic heterocycles. The van der Waals surface area contributed by atoms with Gasteiger partial charge < -0.3 is 0 Å². The molecule has 0 N–H and O–H groups in total. The maximum absolute atomic E-state index is 11.4. The van der Waals surface area contributed by atoms with E-state index < -0.39 is 16.0 Å². The van der Waals surface area contributed by atoms with Gasteiger partial charge in [0.05, 0.1) is 4.90 Å². The van der Waals surface area contributed by atoms with Crippen molar-refractivity contribution in [2.45, 2.75) is 11.8 Å². The molecule has 0 heterocycles. The second-order valence-electron chi connectivity index (χ2n) is 2.32. The molecule has 3 heteroatoms. The molecule has 60 valence electrons. The molecule has 0 aliphatic carbocycles. The normalized spacial score (nSPS) is 16.6. The smallest absolute Gasteiger partial charge is 0.175 e. The highest BCUT2D eigenvalue weighted by Crippen LogP contribution is 2.08. The summed E-state index contributed by atoms with van der Waals surface area (Å²) in [5.74, 6) is 0. The van der Waals surface area contributed by atoms with Crippen molar-refractivity contribution in [3.8, 4) is 0 Å². The molecule has 0 unspecified atom stereocenters. The third kappa shape index (κ3) is 2.05. The lowest BCUT2D eigenvalue weighted by Gasteiger charge is -1.96. The van der Waals surface area contributed by atoms with Gasteiger partial charge in [0.25, 0.3) is 0 Å². The van der Waals surface area contributed by atoms with Crippen molar-refractivity contribution in [2.24, 2.45) is 0 Å². The van der Waals surface area contributed by atoms with Gasteiger partial charge in [-0.3, -0.25) is 0 Å². The Morgan fingerprint density at radius 3 is 2.27 bits per heavy atom. The zero-order chi connectivity index (χ0) is 11.0. The first-order valence-corrected chi connectivity index (χ1v) is 4.55. The van der Waals surface area contributed by atoms with Gasteiger partial charge in [0.2, 0.25) is 0 Å². The Morgan fingerprint density at radius 1 is 1.27 bits per heavy atom. The molecule has 0 aliphatic rings. The molecule has 0 atom stereocenters. The SMILES string of the molecule is [3H]C([3H])([3H])S(=O)(=O)c1ccc(C)cc1. The van der Waals surface area contributed by atoms with Crippen molar-refractivity contribution in [1.82, 2.24) is 0 Å². The van der Waals surface area contributed by atoms with Crippen LogP contribution in [0.3, 0.4) is 0 Å². The van der Waals surface area contributed by atoms with E-state index in [-0.39, 0.29) is 4.90 Å². The van der Waals surface area contributed by atoms with Gasteiger partial charge in [-0.25, -0.2) is 8.42 Å². The van der Waals surface area contributed by atoms with Crippen molar-refractivity contribution >= 4 is 9.84 Å². The number of sulfone groups is 1. The highest BCUT2D eigenvalue weighted by molar-refractivity contribution is 7.90. The Kier molecular flexibility index (Phi) is 1.19. The summed E-state index contributed by atoms with van der Waals surface area (Å²) in [6.45, 7) is 1.80. The van der Waals surface area contributed by atoms with E-state index in [1.54, 1.807) is 19.1 Å². The van der Waals surface area contributed by atoms with E-state index in [2.05, 4.69) is 0 Å². The molecular formula is C8H10O2S. The van der Waals surface area contributed by atoms with E-state index in [0.29, 0.717) is 0 Å². The first kappa shape index (κ1) is 4.93. The molecule has 0 saturated carbocycles. The van der Waals surface area contributed by atoms with E-state index in [1.807, 2.05) is 0 Å². The van der Waals surface area contributed by atoms with Crippen LogP contribution in [0.4, 0.5) is 0 Å². The topological polar surface area (TPSA) is 34.1 Å². The van der Waals surface area contributed by atoms with Gasteiger partial charge in [0, 0.05) is 10.3 Å². The summed E-state index contributed by atoms with van der Waals surface area (Å²) < 4.78 is 43.4. The molecule has 1 rings (SSSR count). The van der Waals surface area contributed by atoms with Gasteiger partial charge >= 0.3 is 0 Å². The molecule has 0 bridgehead atoms. The van der Waals surface area contributed by atoms with Gasteiger partial charge in [0.15, 0.2) is 9.84 Å². The first-order valence-electron chi connectivity index (χ1n) is 4.56. The molecule has 11 heavy (non-hydrogen) atoms. The van der Waals surface area contributed by atoms with Crippen molar-refractivity contribution in [3.63, 3.8) is 0 Å². The van der Waals surface area contributed by atoms with Crippen LogP contribution in [-0.4, -0.2) is 14.6 Å². The Labute approximate surface area is 71.0 Å². The molecule has 0 saturated heterocycles. The highest BCUT2D eigenvalue weighted by Gasteiger charge is 2.04.